The van der Waals surface area contributed by atoms with Gasteiger partial charge in [-0.25, -0.2) is 4.98 Å². The van der Waals surface area contributed by atoms with Crippen molar-refractivity contribution in [2.75, 3.05) is 18.5 Å². The fourth-order valence-electron chi connectivity index (χ4n) is 2.23. The van der Waals surface area contributed by atoms with Crippen molar-refractivity contribution in [3.8, 4) is 0 Å². The van der Waals surface area contributed by atoms with E-state index in [1.807, 2.05) is 24.3 Å². The van der Waals surface area contributed by atoms with E-state index >= 15 is 0 Å². The van der Waals surface area contributed by atoms with Crippen molar-refractivity contribution in [3.05, 3.63) is 30.5 Å². The van der Waals surface area contributed by atoms with Crippen LogP contribution >= 0.6 is 0 Å². The zero-order valence-electron chi connectivity index (χ0n) is 11.3. The molecule has 0 amide bonds. The average molecular weight is 259 g/mol. The Morgan fingerprint density at radius 3 is 2.74 bits per heavy atom. The second-order valence-corrected chi connectivity index (χ2v) is 4.79. The minimum Gasteiger partial charge on any atom is -0.396 e. The summed E-state index contributed by atoms with van der Waals surface area (Å²) in [6.07, 6.45) is 4.86. The molecule has 0 aliphatic carbocycles. The number of benzene rings is 1. The monoisotopic (exact) mass is 259 g/mol. The summed E-state index contributed by atoms with van der Waals surface area (Å²) in [6, 6.07) is 7.84. The second-order valence-electron chi connectivity index (χ2n) is 4.79. The molecule has 0 saturated heterocycles. The number of rotatable bonds is 7. The molecule has 0 aliphatic heterocycles. The lowest BCUT2D eigenvalue weighted by molar-refractivity contribution is 0.255. The van der Waals surface area contributed by atoms with Crippen LogP contribution in [0.5, 0.6) is 0 Å². The smallest absolute Gasteiger partial charge is 0.145 e. The summed E-state index contributed by atoms with van der Waals surface area (Å²) in [4.78, 5) is 8.91. The molecule has 19 heavy (non-hydrogen) atoms. The zero-order chi connectivity index (χ0) is 13.5. The van der Waals surface area contributed by atoms with Gasteiger partial charge in [-0.2, -0.15) is 0 Å². The van der Waals surface area contributed by atoms with Crippen LogP contribution in [0.2, 0.25) is 0 Å². The first-order valence-electron chi connectivity index (χ1n) is 6.90. The van der Waals surface area contributed by atoms with Gasteiger partial charge in [-0.05, 0) is 30.9 Å². The molecule has 1 aromatic carbocycles. The van der Waals surface area contributed by atoms with Gasteiger partial charge in [0.2, 0.25) is 0 Å². The molecule has 0 saturated carbocycles. The van der Waals surface area contributed by atoms with Gasteiger partial charge >= 0.3 is 0 Å². The van der Waals surface area contributed by atoms with Crippen LogP contribution in [0.1, 0.15) is 26.2 Å². The number of aromatic nitrogens is 2. The van der Waals surface area contributed by atoms with Gasteiger partial charge in [0.05, 0.1) is 17.2 Å². The van der Waals surface area contributed by atoms with Crippen LogP contribution in [0.3, 0.4) is 0 Å². The van der Waals surface area contributed by atoms with Crippen molar-refractivity contribution < 1.29 is 5.11 Å². The molecule has 2 rings (SSSR count). The van der Waals surface area contributed by atoms with Gasteiger partial charge in [-0.1, -0.05) is 25.5 Å². The SMILES string of the molecule is CCCC(CCO)CNc1cnc2ccccc2n1. The average Bonchev–Trinajstić information content (AvgIpc) is 2.45. The normalized spacial score (nSPS) is 12.5. The summed E-state index contributed by atoms with van der Waals surface area (Å²) in [5.74, 6) is 1.29. The highest BCUT2D eigenvalue weighted by Crippen LogP contribution is 2.14. The van der Waals surface area contributed by atoms with E-state index in [1.54, 1.807) is 6.20 Å². The number of aliphatic hydroxyl groups is 1. The number of para-hydroxylation sites is 2. The van der Waals surface area contributed by atoms with Gasteiger partial charge in [-0.15, -0.1) is 0 Å². The van der Waals surface area contributed by atoms with Gasteiger partial charge < -0.3 is 10.4 Å². The summed E-state index contributed by atoms with van der Waals surface area (Å²) in [5, 5.41) is 12.4. The highest BCUT2D eigenvalue weighted by molar-refractivity contribution is 5.75. The van der Waals surface area contributed by atoms with Crippen LogP contribution in [0, 0.1) is 5.92 Å². The van der Waals surface area contributed by atoms with E-state index in [4.69, 9.17) is 5.11 Å². The van der Waals surface area contributed by atoms with E-state index in [2.05, 4.69) is 22.2 Å². The first kappa shape index (κ1) is 13.7. The second kappa shape index (κ2) is 7.04. The molecule has 4 heteroatoms. The Bertz CT molecular complexity index is 509. The van der Waals surface area contributed by atoms with E-state index in [0.717, 1.165) is 42.7 Å². The standard InChI is InChI=1S/C15H21N3O/c1-2-5-12(8-9-19)10-17-15-11-16-13-6-3-4-7-14(13)18-15/h3-4,6-7,11-12,19H,2,5,8-10H2,1H3,(H,17,18). The molecule has 2 N–H and O–H groups in total. The third kappa shape index (κ3) is 3.89. The maximum absolute atomic E-state index is 9.05. The van der Waals surface area contributed by atoms with Crippen molar-refractivity contribution in [2.45, 2.75) is 26.2 Å². The van der Waals surface area contributed by atoms with Crippen LogP contribution in [0.25, 0.3) is 11.0 Å². The molecule has 0 fully saturated rings. The van der Waals surface area contributed by atoms with E-state index in [9.17, 15) is 0 Å². The molecule has 1 heterocycles. The topological polar surface area (TPSA) is 58.0 Å². The molecule has 0 radical (unpaired) electrons. The summed E-state index contributed by atoms with van der Waals surface area (Å²) in [5.41, 5.74) is 1.82. The Morgan fingerprint density at radius 2 is 2.00 bits per heavy atom. The van der Waals surface area contributed by atoms with Gasteiger partial charge in [0.15, 0.2) is 0 Å². The summed E-state index contributed by atoms with van der Waals surface area (Å²) >= 11 is 0. The van der Waals surface area contributed by atoms with E-state index in [0.29, 0.717) is 5.92 Å². The highest BCUT2D eigenvalue weighted by atomic mass is 16.3. The molecule has 2 aromatic rings. The molecule has 0 bridgehead atoms. The molecule has 0 aliphatic rings. The lowest BCUT2D eigenvalue weighted by atomic mass is 10.0. The first-order valence-corrected chi connectivity index (χ1v) is 6.90. The lowest BCUT2D eigenvalue weighted by Crippen LogP contribution is -2.16. The third-order valence-electron chi connectivity index (χ3n) is 3.25. The quantitative estimate of drug-likeness (QED) is 0.802. The van der Waals surface area contributed by atoms with Crippen LogP contribution in [0.4, 0.5) is 5.82 Å². The number of nitrogens with one attached hydrogen (secondary N) is 1. The number of nitrogens with zero attached hydrogens (tertiary/aromatic N) is 2. The van der Waals surface area contributed by atoms with Crippen molar-refractivity contribution in [3.63, 3.8) is 0 Å². The van der Waals surface area contributed by atoms with Crippen LogP contribution in [0.15, 0.2) is 30.5 Å². The summed E-state index contributed by atoms with van der Waals surface area (Å²) < 4.78 is 0. The predicted molar refractivity (Wildman–Crippen MR) is 78.1 cm³/mol. The number of hydrogen-bond acceptors (Lipinski definition) is 4. The molecule has 1 unspecified atom stereocenters. The number of fused-ring (bicyclic) bond motifs is 1. The van der Waals surface area contributed by atoms with Crippen molar-refractivity contribution >= 4 is 16.9 Å². The molecule has 4 nitrogen and oxygen atoms in total. The van der Waals surface area contributed by atoms with Crippen molar-refractivity contribution in [2.24, 2.45) is 5.92 Å². The van der Waals surface area contributed by atoms with Crippen LogP contribution < -0.4 is 5.32 Å². The zero-order valence-corrected chi connectivity index (χ0v) is 11.3. The Kier molecular flexibility index (Phi) is 5.10. The summed E-state index contributed by atoms with van der Waals surface area (Å²) in [6.45, 7) is 3.25. The fraction of sp³-hybridized carbons (Fsp3) is 0.467. The predicted octanol–water partition coefficient (Wildman–Crippen LogP) is 2.84. The number of aliphatic hydroxyl groups excluding tert-OH is 1. The van der Waals surface area contributed by atoms with E-state index < -0.39 is 0 Å². The Balaban J connectivity index is 2.00. The maximum atomic E-state index is 9.05. The largest absolute Gasteiger partial charge is 0.396 e. The fourth-order valence-corrected chi connectivity index (χ4v) is 2.23. The van der Waals surface area contributed by atoms with Crippen LogP contribution in [-0.2, 0) is 0 Å². The Labute approximate surface area is 113 Å². The van der Waals surface area contributed by atoms with E-state index in [1.165, 1.54) is 0 Å². The number of anilines is 1. The minimum atomic E-state index is 0.246. The van der Waals surface area contributed by atoms with Gasteiger partial charge in [0, 0.05) is 13.2 Å². The number of hydrogen-bond donors (Lipinski definition) is 2. The molecular formula is C15H21N3O. The molecule has 0 spiro atoms. The Morgan fingerprint density at radius 1 is 1.21 bits per heavy atom. The third-order valence-corrected chi connectivity index (χ3v) is 3.25. The molecule has 1 atom stereocenters. The highest BCUT2D eigenvalue weighted by Gasteiger charge is 2.07. The van der Waals surface area contributed by atoms with Crippen LogP contribution in [-0.4, -0.2) is 28.2 Å². The maximum Gasteiger partial charge on any atom is 0.145 e. The molecular weight excluding hydrogens is 238 g/mol. The van der Waals surface area contributed by atoms with Gasteiger partial charge in [0.25, 0.3) is 0 Å². The molecule has 1 aromatic heterocycles. The first-order chi connectivity index (χ1) is 9.33. The van der Waals surface area contributed by atoms with Crippen molar-refractivity contribution in [1.82, 2.24) is 9.97 Å². The van der Waals surface area contributed by atoms with Gasteiger partial charge in [-0.3, -0.25) is 4.98 Å². The van der Waals surface area contributed by atoms with E-state index in [-0.39, 0.29) is 6.61 Å². The summed E-state index contributed by atoms with van der Waals surface area (Å²) in [7, 11) is 0. The minimum absolute atomic E-state index is 0.246. The van der Waals surface area contributed by atoms with Crippen molar-refractivity contribution in [1.29, 1.82) is 0 Å². The molecule has 102 valence electrons. The lowest BCUT2D eigenvalue weighted by Gasteiger charge is -2.16. The Hall–Kier alpha value is -1.68. The van der Waals surface area contributed by atoms with Gasteiger partial charge in [0.1, 0.15) is 5.82 Å².